The van der Waals surface area contributed by atoms with E-state index in [0.29, 0.717) is 25.3 Å². The number of aryl methyl sites for hydroxylation is 1. The van der Waals surface area contributed by atoms with Gasteiger partial charge in [-0.3, -0.25) is 10.1 Å². The van der Waals surface area contributed by atoms with Crippen LogP contribution in [0.3, 0.4) is 0 Å². The molecule has 1 aliphatic heterocycles. The molecule has 7 heteroatoms. The van der Waals surface area contributed by atoms with Crippen LogP contribution in [-0.4, -0.2) is 40.9 Å². The van der Waals surface area contributed by atoms with Crippen molar-refractivity contribution >= 4 is 11.5 Å². The molecule has 1 aliphatic carbocycles. The number of aliphatic hydroxyl groups excluding tert-OH is 1. The van der Waals surface area contributed by atoms with E-state index in [1.54, 1.807) is 19.2 Å². The Bertz CT molecular complexity index is 587. The lowest BCUT2D eigenvalue weighted by Gasteiger charge is -2.37. The van der Waals surface area contributed by atoms with Crippen molar-refractivity contribution in [2.45, 2.75) is 38.7 Å². The second-order valence-electron chi connectivity index (χ2n) is 6.68. The second-order valence-corrected chi connectivity index (χ2v) is 6.68. The molecule has 23 heavy (non-hydrogen) atoms. The van der Waals surface area contributed by atoms with Gasteiger partial charge in [-0.25, -0.2) is 4.98 Å². The van der Waals surface area contributed by atoms with E-state index in [-0.39, 0.29) is 28.9 Å². The molecule has 2 fully saturated rings. The van der Waals surface area contributed by atoms with Crippen LogP contribution in [0.25, 0.3) is 0 Å². The van der Waals surface area contributed by atoms with Crippen LogP contribution in [-0.2, 0) is 4.74 Å². The molecular formula is C16H23N3O4. The summed E-state index contributed by atoms with van der Waals surface area (Å²) in [7, 11) is 0. The average molecular weight is 321 g/mol. The zero-order valence-corrected chi connectivity index (χ0v) is 13.3. The fourth-order valence-corrected chi connectivity index (χ4v) is 3.95. The van der Waals surface area contributed by atoms with E-state index in [4.69, 9.17) is 4.74 Å². The number of hydrogen-bond acceptors (Lipinski definition) is 6. The largest absolute Gasteiger partial charge is 0.392 e. The molecule has 1 saturated carbocycles. The number of nitrogens with one attached hydrogen (secondary N) is 1. The van der Waals surface area contributed by atoms with E-state index < -0.39 is 4.92 Å². The predicted octanol–water partition coefficient (Wildman–Crippen LogP) is 2.28. The van der Waals surface area contributed by atoms with Gasteiger partial charge in [0.05, 0.1) is 11.0 Å². The zero-order valence-electron chi connectivity index (χ0n) is 13.3. The quantitative estimate of drug-likeness (QED) is 0.652. The first-order valence-corrected chi connectivity index (χ1v) is 8.13. The van der Waals surface area contributed by atoms with Gasteiger partial charge in [-0.2, -0.15) is 0 Å². The fourth-order valence-electron chi connectivity index (χ4n) is 3.95. The number of ether oxygens (including phenoxy) is 1. The van der Waals surface area contributed by atoms with Gasteiger partial charge in [-0.1, -0.05) is 0 Å². The van der Waals surface area contributed by atoms with Gasteiger partial charge in [0.1, 0.15) is 0 Å². The summed E-state index contributed by atoms with van der Waals surface area (Å²) in [5.41, 5.74) is 0.567. The van der Waals surface area contributed by atoms with Crippen LogP contribution in [0.4, 0.5) is 11.5 Å². The lowest BCUT2D eigenvalue weighted by atomic mass is 9.76. The molecule has 2 aliphatic rings. The molecule has 2 heterocycles. The number of nitro groups is 1. The Labute approximate surface area is 135 Å². The summed E-state index contributed by atoms with van der Waals surface area (Å²) in [6.07, 6.45) is 4.89. The highest BCUT2D eigenvalue weighted by Gasteiger charge is 2.48. The van der Waals surface area contributed by atoms with E-state index in [9.17, 15) is 15.2 Å². The topological polar surface area (TPSA) is 97.5 Å². The summed E-state index contributed by atoms with van der Waals surface area (Å²) in [6, 6.07) is 1.63. The van der Waals surface area contributed by atoms with E-state index in [0.717, 1.165) is 25.7 Å². The molecule has 2 atom stereocenters. The Hall–Kier alpha value is -1.73. The predicted molar refractivity (Wildman–Crippen MR) is 85.3 cm³/mol. The number of hydrogen-bond donors (Lipinski definition) is 2. The molecule has 1 saturated heterocycles. The first kappa shape index (κ1) is 16.1. The lowest BCUT2D eigenvalue weighted by Crippen LogP contribution is -2.40. The van der Waals surface area contributed by atoms with Crippen LogP contribution in [0.1, 0.15) is 31.2 Å². The summed E-state index contributed by atoms with van der Waals surface area (Å²) in [5.74, 6) is 0.380. The number of nitrogens with zero attached hydrogens (tertiary/aromatic N) is 2. The van der Waals surface area contributed by atoms with Gasteiger partial charge >= 0.3 is 5.69 Å². The van der Waals surface area contributed by atoms with Gasteiger partial charge in [0.2, 0.25) is 5.82 Å². The molecule has 7 nitrogen and oxygen atoms in total. The molecule has 0 amide bonds. The van der Waals surface area contributed by atoms with Gasteiger partial charge in [0, 0.05) is 42.9 Å². The zero-order chi connectivity index (χ0) is 16.4. The molecule has 0 radical (unpaired) electrons. The van der Waals surface area contributed by atoms with Crippen molar-refractivity contribution in [2.24, 2.45) is 11.3 Å². The van der Waals surface area contributed by atoms with Crippen LogP contribution in [0.2, 0.25) is 0 Å². The van der Waals surface area contributed by atoms with Crippen molar-refractivity contribution in [1.29, 1.82) is 0 Å². The van der Waals surface area contributed by atoms with Crippen LogP contribution in [0.15, 0.2) is 12.3 Å². The summed E-state index contributed by atoms with van der Waals surface area (Å²) in [4.78, 5) is 14.9. The molecule has 126 valence electrons. The minimum Gasteiger partial charge on any atom is -0.392 e. The SMILES string of the molecule is Cc1ccnc(NCC2CCC3(CCOCC3)C2O)c1[N+](=O)[O-]. The van der Waals surface area contributed by atoms with Gasteiger partial charge < -0.3 is 15.2 Å². The minimum absolute atomic E-state index is 0.0146. The van der Waals surface area contributed by atoms with Crippen molar-refractivity contribution < 1.29 is 14.8 Å². The summed E-state index contributed by atoms with van der Waals surface area (Å²) >= 11 is 0. The number of aromatic nitrogens is 1. The number of pyridine rings is 1. The lowest BCUT2D eigenvalue weighted by molar-refractivity contribution is -0.384. The first-order chi connectivity index (χ1) is 11.0. The molecule has 1 aromatic heterocycles. The fraction of sp³-hybridized carbons (Fsp3) is 0.688. The van der Waals surface area contributed by atoms with Gasteiger partial charge in [-0.15, -0.1) is 0 Å². The third-order valence-electron chi connectivity index (χ3n) is 5.42. The summed E-state index contributed by atoms with van der Waals surface area (Å²) < 4.78 is 5.41. The Kier molecular flexibility index (Phi) is 4.50. The number of anilines is 1. The molecule has 1 aromatic rings. The minimum atomic E-state index is -0.407. The summed E-state index contributed by atoms with van der Waals surface area (Å²) in [6.45, 7) is 3.62. The highest BCUT2D eigenvalue weighted by molar-refractivity contribution is 5.59. The van der Waals surface area contributed by atoms with Crippen molar-refractivity contribution in [3.63, 3.8) is 0 Å². The molecule has 0 bridgehead atoms. The maximum atomic E-state index is 11.2. The third kappa shape index (κ3) is 3.03. The smallest absolute Gasteiger partial charge is 0.314 e. The van der Waals surface area contributed by atoms with Crippen molar-refractivity contribution in [1.82, 2.24) is 4.98 Å². The third-order valence-corrected chi connectivity index (χ3v) is 5.42. The van der Waals surface area contributed by atoms with Crippen LogP contribution < -0.4 is 5.32 Å². The van der Waals surface area contributed by atoms with E-state index in [2.05, 4.69) is 10.3 Å². The summed E-state index contributed by atoms with van der Waals surface area (Å²) in [5, 5.41) is 25.0. The highest BCUT2D eigenvalue weighted by atomic mass is 16.6. The maximum absolute atomic E-state index is 11.2. The highest BCUT2D eigenvalue weighted by Crippen LogP contribution is 2.48. The molecule has 2 N–H and O–H groups in total. The standard InChI is InChI=1S/C16H23N3O4/c1-11-3-7-17-15(13(11)19(21)22)18-10-12-2-4-16(14(12)20)5-8-23-9-6-16/h3,7,12,14,20H,2,4-6,8-10H2,1H3,(H,17,18). The maximum Gasteiger partial charge on any atom is 0.314 e. The van der Waals surface area contributed by atoms with E-state index >= 15 is 0 Å². The normalized spacial score (nSPS) is 26.3. The van der Waals surface area contributed by atoms with Gasteiger partial charge in [0.15, 0.2) is 0 Å². The first-order valence-electron chi connectivity index (χ1n) is 8.13. The monoisotopic (exact) mass is 321 g/mol. The Morgan fingerprint density at radius 1 is 1.48 bits per heavy atom. The molecular weight excluding hydrogens is 298 g/mol. The van der Waals surface area contributed by atoms with Gasteiger partial charge in [-0.05, 0) is 38.7 Å². The van der Waals surface area contributed by atoms with Crippen molar-refractivity contribution in [3.05, 3.63) is 27.9 Å². The Balaban J connectivity index is 1.68. The molecule has 1 spiro atoms. The van der Waals surface area contributed by atoms with Crippen molar-refractivity contribution in [2.75, 3.05) is 25.1 Å². The van der Waals surface area contributed by atoms with E-state index in [1.165, 1.54) is 0 Å². The molecule has 0 aromatic carbocycles. The molecule has 2 unspecified atom stereocenters. The van der Waals surface area contributed by atoms with E-state index in [1.807, 2.05) is 0 Å². The average Bonchev–Trinajstić information content (AvgIpc) is 2.82. The Morgan fingerprint density at radius 2 is 2.22 bits per heavy atom. The Morgan fingerprint density at radius 3 is 2.91 bits per heavy atom. The molecule has 3 rings (SSSR count). The second kappa shape index (κ2) is 6.41. The van der Waals surface area contributed by atoms with Gasteiger partial charge in [0.25, 0.3) is 0 Å². The number of rotatable bonds is 4. The number of aliphatic hydroxyl groups is 1. The van der Waals surface area contributed by atoms with Crippen LogP contribution in [0, 0.1) is 28.4 Å². The van der Waals surface area contributed by atoms with Crippen molar-refractivity contribution in [3.8, 4) is 0 Å². The van der Waals surface area contributed by atoms with Crippen LogP contribution in [0.5, 0.6) is 0 Å². The van der Waals surface area contributed by atoms with Crippen LogP contribution >= 0.6 is 0 Å².